The first-order chi connectivity index (χ1) is 7.22. The van der Waals surface area contributed by atoms with Crippen LogP contribution in [0.15, 0.2) is 24.3 Å². The van der Waals surface area contributed by atoms with Gasteiger partial charge < -0.3 is 10.5 Å². The van der Waals surface area contributed by atoms with Crippen LogP contribution in [0.25, 0.3) is 0 Å². The summed E-state index contributed by atoms with van der Waals surface area (Å²) in [5.41, 5.74) is 6.99. The summed E-state index contributed by atoms with van der Waals surface area (Å²) < 4.78 is 5.17. The van der Waals surface area contributed by atoms with Crippen LogP contribution in [0, 0.1) is 0 Å². The third kappa shape index (κ3) is 5.09. The van der Waals surface area contributed by atoms with Gasteiger partial charge in [-0.2, -0.15) is 11.8 Å². The van der Waals surface area contributed by atoms with Gasteiger partial charge in [0.05, 0.1) is 7.11 Å². The number of nitrogens with two attached hydrogens (primary N) is 1. The summed E-state index contributed by atoms with van der Waals surface area (Å²) in [6.07, 6.45) is 1.08. The van der Waals surface area contributed by atoms with E-state index in [0.29, 0.717) is 6.04 Å². The number of ether oxygens (including phenoxy) is 1. The fourth-order valence-corrected chi connectivity index (χ4v) is 2.32. The van der Waals surface area contributed by atoms with Crippen molar-refractivity contribution in [3.8, 4) is 5.75 Å². The standard InChI is InChI=1S/C12H19NOS/c1-10(13)6-7-15-9-11-4-3-5-12(8-11)14-2/h3-5,8,10H,6-7,9,13H2,1-2H3. The molecule has 3 heteroatoms. The van der Waals surface area contributed by atoms with E-state index in [-0.39, 0.29) is 0 Å². The van der Waals surface area contributed by atoms with E-state index in [1.807, 2.05) is 30.8 Å². The number of thioether (sulfide) groups is 1. The quantitative estimate of drug-likeness (QED) is 0.756. The van der Waals surface area contributed by atoms with E-state index < -0.39 is 0 Å². The van der Waals surface area contributed by atoms with Gasteiger partial charge in [-0.25, -0.2) is 0 Å². The van der Waals surface area contributed by atoms with Gasteiger partial charge in [0.1, 0.15) is 5.75 Å². The Balaban J connectivity index is 2.30. The Morgan fingerprint density at radius 3 is 2.93 bits per heavy atom. The molecule has 2 N–H and O–H groups in total. The third-order valence-electron chi connectivity index (χ3n) is 2.12. The highest BCUT2D eigenvalue weighted by Crippen LogP contribution is 2.18. The molecule has 0 saturated carbocycles. The van der Waals surface area contributed by atoms with Crippen molar-refractivity contribution in [1.29, 1.82) is 0 Å². The van der Waals surface area contributed by atoms with E-state index in [1.54, 1.807) is 7.11 Å². The van der Waals surface area contributed by atoms with Crippen molar-refractivity contribution in [2.45, 2.75) is 25.1 Å². The Morgan fingerprint density at radius 1 is 1.47 bits per heavy atom. The SMILES string of the molecule is COc1cccc(CSCCC(C)N)c1. The number of hydrogen-bond donors (Lipinski definition) is 1. The van der Waals surface area contributed by atoms with Gasteiger partial charge in [-0.3, -0.25) is 0 Å². The van der Waals surface area contributed by atoms with Crippen molar-refractivity contribution < 1.29 is 4.74 Å². The van der Waals surface area contributed by atoms with Crippen molar-refractivity contribution in [3.05, 3.63) is 29.8 Å². The van der Waals surface area contributed by atoms with Gasteiger partial charge >= 0.3 is 0 Å². The average Bonchev–Trinajstić information content (AvgIpc) is 2.24. The summed E-state index contributed by atoms with van der Waals surface area (Å²) in [4.78, 5) is 0. The van der Waals surface area contributed by atoms with Gasteiger partial charge in [0.15, 0.2) is 0 Å². The van der Waals surface area contributed by atoms with Crippen LogP contribution in [-0.4, -0.2) is 18.9 Å². The molecule has 0 amide bonds. The molecule has 84 valence electrons. The highest BCUT2D eigenvalue weighted by atomic mass is 32.2. The maximum absolute atomic E-state index is 5.68. The molecule has 0 heterocycles. The molecule has 0 saturated heterocycles. The van der Waals surface area contributed by atoms with Gasteiger partial charge in [-0.05, 0) is 36.8 Å². The van der Waals surface area contributed by atoms with E-state index in [0.717, 1.165) is 23.7 Å². The first-order valence-corrected chi connectivity index (χ1v) is 6.34. The first-order valence-electron chi connectivity index (χ1n) is 5.18. The minimum atomic E-state index is 0.308. The van der Waals surface area contributed by atoms with Gasteiger partial charge in [0.25, 0.3) is 0 Å². The molecular weight excluding hydrogens is 206 g/mol. The molecule has 0 aliphatic rings. The molecule has 0 aliphatic carbocycles. The number of benzene rings is 1. The van der Waals surface area contributed by atoms with Gasteiger partial charge in [0.2, 0.25) is 0 Å². The zero-order chi connectivity index (χ0) is 11.1. The van der Waals surface area contributed by atoms with Crippen LogP contribution in [-0.2, 0) is 5.75 Å². The van der Waals surface area contributed by atoms with Gasteiger partial charge in [-0.1, -0.05) is 12.1 Å². The summed E-state index contributed by atoms with van der Waals surface area (Å²) in [6.45, 7) is 2.05. The fraction of sp³-hybridized carbons (Fsp3) is 0.500. The molecule has 0 spiro atoms. The van der Waals surface area contributed by atoms with Crippen molar-refractivity contribution >= 4 is 11.8 Å². The lowest BCUT2D eigenvalue weighted by Gasteiger charge is -2.06. The largest absolute Gasteiger partial charge is 0.497 e. The topological polar surface area (TPSA) is 35.2 Å². The smallest absolute Gasteiger partial charge is 0.119 e. The van der Waals surface area contributed by atoms with E-state index in [4.69, 9.17) is 10.5 Å². The molecule has 0 fully saturated rings. The van der Waals surface area contributed by atoms with E-state index in [9.17, 15) is 0 Å². The predicted molar refractivity (Wildman–Crippen MR) is 67.4 cm³/mol. The fourth-order valence-electron chi connectivity index (χ4n) is 1.22. The molecular formula is C12H19NOS. The summed E-state index contributed by atoms with van der Waals surface area (Å²) in [5.74, 6) is 3.08. The minimum Gasteiger partial charge on any atom is -0.497 e. The third-order valence-corrected chi connectivity index (χ3v) is 3.18. The minimum absolute atomic E-state index is 0.308. The lowest BCUT2D eigenvalue weighted by molar-refractivity contribution is 0.414. The van der Waals surface area contributed by atoms with Crippen LogP contribution in [0.4, 0.5) is 0 Å². The summed E-state index contributed by atoms with van der Waals surface area (Å²) >= 11 is 1.92. The molecule has 0 aliphatic heterocycles. The molecule has 1 rings (SSSR count). The molecule has 15 heavy (non-hydrogen) atoms. The lowest BCUT2D eigenvalue weighted by Crippen LogP contribution is -2.15. The van der Waals surface area contributed by atoms with Crippen molar-refractivity contribution in [2.24, 2.45) is 5.73 Å². The average molecular weight is 225 g/mol. The predicted octanol–water partition coefficient (Wildman–Crippen LogP) is 2.67. The summed E-state index contributed by atoms with van der Waals surface area (Å²) in [7, 11) is 1.70. The molecule has 1 atom stereocenters. The van der Waals surface area contributed by atoms with Crippen LogP contribution in [0.5, 0.6) is 5.75 Å². The Morgan fingerprint density at radius 2 is 2.27 bits per heavy atom. The van der Waals surface area contributed by atoms with Gasteiger partial charge in [0, 0.05) is 11.8 Å². The van der Waals surface area contributed by atoms with E-state index in [2.05, 4.69) is 12.1 Å². The maximum atomic E-state index is 5.68. The zero-order valence-corrected chi connectivity index (χ0v) is 10.2. The Labute approximate surface area is 96.2 Å². The highest BCUT2D eigenvalue weighted by molar-refractivity contribution is 7.98. The van der Waals surface area contributed by atoms with Crippen molar-refractivity contribution in [3.63, 3.8) is 0 Å². The monoisotopic (exact) mass is 225 g/mol. The highest BCUT2D eigenvalue weighted by Gasteiger charge is 1.98. The second-order valence-corrected chi connectivity index (χ2v) is 4.78. The van der Waals surface area contributed by atoms with Crippen LogP contribution in [0.1, 0.15) is 18.9 Å². The normalized spacial score (nSPS) is 12.5. The molecule has 0 aromatic heterocycles. The Hall–Kier alpha value is -0.670. The van der Waals surface area contributed by atoms with Crippen LogP contribution >= 0.6 is 11.8 Å². The van der Waals surface area contributed by atoms with Crippen LogP contribution in [0.2, 0.25) is 0 Å². The maximum Gasteiger partial charge on any atom is 0.119 e. The number of hydrogen-bond acceptors (Lipinski definition) is 3. The second-order valence-electron chi connectivity index (χ2n) is 3.67. The molecule has 1 unspecified atom stereocenters. The van der Waals surface area contributed by atoms with Crippen molar-refractivity contribution in [1.82, 2.24) is 0 Å². The molecule has 1 aromatic carbocycles. The number of methoxy groups -OCH3 is 1. The van der Waals surface area contributed by atoms with Crippen molar-refractivity contribution in [2.75, 3.05) is 12.9 Å². The molecule has 0 radical (unpaired) electrons. The van der Waals surface area contributed by atoms with E-state index >= 15 is 0 Å². The zero-order valence-electron chi connectivity index (χ0n) is 9.40. The van der Waals surface area contributed by atoms with Crippen LogP contribution in [0.3, 0.4) is 0 Å². The molecule has 2 nitrogen and oxygen atoms in total. The Bertz CT molecular complexity index is 289. The summed E-state index contributed by atoms with van der Waals surface area (Å²) in [6, 6.07) is 8.51. The van der Waals surface area contributed by atoms with Gasteiger partial charge in [-0.15, -0.1) is 0 Å². The Kier molecular flexibility index (Phi) is 5.58. The molecule has 0 bridgehead atoms. The summed E-state index contributed by atoms with van der Waals surface area (Å²) in [5, 5.41) is 0. The van der Waals surface area contributed by atoms with Crippen LogP contribution < -0.4 is 10.5 Å². The lowest BCUT2D eigenvalue weighted by atomic mass is 10.2. The van der Waals surface area contributed by atoms with E-state index in [1.165, 1.54) is 5.56 Å². The first kappa shape index (κ1) is 12.4. The number of rotatable bonds is 6. The second kappa shape index (κ2) is 6.75. The molecule has 1 aromatic rings.